The molecule has 1 aromatic heterocycles. The Balaban J connectivity index is 1.80. The number of halogens is 1. The SMILES string of the molecule is C=CCn1c(SC(C)C(=O)N2CCCCC2CC)nnc1-c1ccc(Cl)cc1. The van der Waals surface area contributed by atoms with E-state index < -0.39 is 0 Å². The van der Waals surface area contributed by atoms with Crippen molar-refractivity contribution >= 4 is 29.3 Å². The Kier molecular flexibility index (Phi) is 7.18. The van der Waals surface area contributed by atoms with Crippen LogP contribution in [0.3, 0.4) is 0 Å². The van der Waals surface area contributed by atoms with Gasteiger partial charge < -0.3 is 4.90 Å². The zero-order chi connectivity index (χ0) is 20.1. The summed E-state index contributed by atoms with van der Waals surface area (Å²) in [6.45, 7) is 9.41. The van der Waals surface area contributed by atoms with Crippen LogP contribution in [-0.2, 0) is 11.3 Å². The molecule has 3 rings (SSSR count). The van der Waals surface area contributed by atoms with Crippen LogP contribution >= 0.6 is 23.4 Å². The molecule has 0 bridgehead atoms. The minimum Gasteiger partial charge on any atom is -0.339 e. The maximum atomic E-state index is 13.1. The molecule has 1 aliphatic heterocycles. The fourth-order valence-corrected chi connectivity index (χ4v) is 4.69. The van der Waals surface area contributed by atoms with Gasteiger partial charge >= 0.3 is 0 Å². The number of piperidine rings is 1. The van der Waals surface area contributed by atoms with Crippen molar-refractivity contribution in [2.24, 2.45) is 0 Å². The van der Waals surface area contributed by atoms with Crippen molar-refractivity contribution in [2.75, 3.05) is 6.54 Å². The molecule has 0 saturated carbocycles. The second-order valence-corrected chi connectivity index (χ2v) is 8.81. The van der Waals surface area contributed by atoms with Gasteiger partial charge in [0.2, 0.25) is 5.91 Å². The maximum Gasteiger partial charge on any atom is 0.236 e. The molecule has 1 aromatic carbocycles. The van der Waals surface area contributed by atoms with E-state index in [0.29, 0.717) is 17.6 Å². The van der Waals surface area contributed by atoms with Crippen LogP contribution in [0.1, 0.15) is 39.5 Å². The van der Waals surface area contributed by atoms with Gasteiger partial charge in [-0.05, 0) is 56.9 Å². The van der Waals surface area contributed by atoms with Gasteiger partial charge in [0.1, 0.15) is 0 Å². The van der Waals surface area contributed by atoms with Gasteiger partial charge in [0, 0.05) is 29.7 Å². The number of amides is 1. The van der Waals surface area contributed by atoms with Crippen molar-refractivity contribution in [3.63, 3.8) is 0 Å². The standard InChI is InChI=1S/C21H27ClN4OS/c1-4-13-26-19(16-9-11-17(22)12-10-16)23-24-21(26)28-15(3)20(27)25-14-7-6-8-18(25)5-2/h4,9-12,15,18H,1,5-8,13-14H2,2-3H3. The molecule has 2 heterocycles. The molecular weight excluding hydrogens is 392 g/mol. The Hall–Kier alpha value is -1.79. The summed E-state index contributed by atoms with van der Waals surface area (Å²) < 4.78 is 2.00. The van der Waals surface area contributed by atoms with Crippen molar-refractivity contribution in [3.05, 3.63) is 41.9 Å². The van der Waals surface area contributed by atoms with Crippen LogP contribution in [0.2, 0.25) is 5.02 Å². The summed E-state index contributed by atoms with van der Waals surface area (Å²) in [5, 5.41) is 9.93. The minimum atomic E-state index is -0.210. The predicted molar refractivity (Wildman–Crippen MR) is 116 cm³/mol. The first-order valence-electron chi connectivity index (χ1n) is 9.82. The topological polar surface area (TPSA) is 51.0 Å². The molecule has 7 heteroatoms. The molecular formula is C21H27ClN4OS. The average molecular weight is 419 g/mol. The predicted octanol–water partition coefficient (Wildman–Crippen LogP) is 5.06. The molecule has 2 unspecified atom stereocenters. The number of allylic oxidation sites excluding steroid dienone is 1. The first-order valence-corrected chi connectivity index (χ1v) is 11.1. The number of carbonyl (C=O) groups is 1. The number of benzene rings is 1. The lowest BCUT2D eigenvalue weighted by Gasteiger charge is -2.36. The zero-order valence-electron chi connectivity index (χ0n) is 16.5. The van der Waals surface area contributed by atoms with Crippen molar-refractivity contribution in [1.82, 2.24) is 19.7 Å². The number of hydrogen-bond donors (Lipinski definition) is 0. The Labute approximate surface area is 176 Å². The molecule has 0 N–H and O–H groups in total. The summed E-state index contributed by atoms with van der Waals surface area (Å²) >= 11 is 7.47. The van der Waals surface area contributed by atoms with E-state index in [4.69, 9.17) is 11.6 Å². The molecule has 28 heavy (non-hydrogen) atoms. The number of nitrogens with zero attached hydrogens (tertiary/aromatic N) is 4. The first kappa shape index (κ1) is 20.9. The molecule has 0 spiro atoms. The molecule has 1 aliphatic rings. The van der Waals surface area contributed by atoms with Crippen LogP contribution in [0, 0.1) is 0 Å². The lowest BCUT2D eigenvalue weighted by molar-refractivity contribution is -0.134. The van der Waals surface area contributed by atoms with E-state index in [-0.39, 0.29) is 11.2 Å². The maximum absolute atomic E-state index is 13.1. The van der Waals surface area contributed by atoms with Crippen molar-refractivity contribution in [2.45, 2.75) is 62.5 Å². The van der Waals surface area contributed by atoms with Crippen molar-refractivity contribution in [3.8, 4) is 11.4 Å². The van der Waals surface area contributed by atoms with Crippen LogP contribution in [-0.4, -0.2) is 43.4 Å². The molecule has 5 nitrogen and oxygen atoms in total. The highest BCUT2D eigenvalue weighted by molar-refractivity contribution is 8.00. The fourth-order valence-electron chi connectivity index (χ4n) is 3.64. The van der Waals surface area contributed by atoms with E-state index in [0.717, 1.165) is 42.4 Å². The first-order chi connectivity index (χ1) is 13.5. The van der Waals surface area contributed by atoms with Crippen LogP contribution in [0.5, 0.6) is 0 Å². The second kappa shape index (κ2) is 9.61. The third-order valence-electron chi connectivity index (χ3n) is 5.14. The third kappa shape index (κ3) is 4.61. The Morgan fingerprint density at radius 2 is 2.11 bits per heavy atom. The Morgan fingerprint density at radius 3 is 2.79 bits per heavy atom. The molecule has 0 radical (unpaired) electrons. The largest absolute Gasteiger partial charge is 0.339 e. The summed E-state index contributed by atoms with van der Waals surface area (Å²) in [7, 11) is 0. The van der Waals surface area contributed by atoms with Gasteiger partial charge in [0.25, 0.3) is 0 Å². The number of carbonyl (C=O) groups excluding carboxylic acids is 1. The summed E-state index contributed by atoms with van der Waals surface area (Å²) in [6.07, 6.45) is 6.23. The van der Waals surface area contributed by atoms with Gasteiger partial charge in [0.05, 0.1) is 5.25 Å². The van der Waals surface area contributed by atoms with Gasteiger partial charge in [-0.1, -0.05) is 36.4 Å². The van der Waals surface area contributed by atoms with Gasteiger partial charge in [-0.2, -0.15) is 0 Å². The van der Waals surface area contributed by atoms with Crippen LogP contribution in [0.25, 0.3) is 11.4 Å². The number of hydrogen-bond acceptors (Lipinski definition) is 4. The van der Waals surface area contributed by atoms with E-state index in [1.807, 2.05) is 41.8 Å². The van der Waals surface area contributed by atoms with E-state index in [2.05, 4.69) is 28.6 Å². The van der Waals surface area contributed by atoms with E-state index in [9.17, 15) is 4.79 Å². The van der Waals surface area contributed by atoms with Gasteiger partial charge in [0.15, 0.2) is 11.0 Å². The fraction of sp³-hybridized carbons (Fsp3) is 0.476. The van der Waals surface area contributed by atoms with E-state index >= 15 is 0 Å². The van der Waals surface area contributed by atoms with E-state index in [1.165, 1.54) is 18.2 Å². The lowest BCUT2D eigenvalue weighted by atomic mass is 10.00. The van der Waals surface area contributed by atoms with Gasteiger partial charge in [-0.25, -0.2) is 0 Å². The lowest BCUT2D eigenvalue weighted by Crippen LogP contribution is -2.46. The number of aromatic nitrogens is 3. The normalized spacial score (nSPS) is 18.1. The second-order valence-electron chi connectivity index (χ2n) is 7.06. The summed E-state index contributed by atoms with van der Waals surface area (Å²) in [5.74, 6) is 0.945. The van der Waals surface area contributed by atoms with Crippen molar-refractivity contribution in [1.29, 1.82) is 0 Å². The van der Waals surface area contributed by atoms with Crippen LogP contribution in [0.4, 0.5) is 0 Å². The average Bonchev–Trinajstić information content (AvgIpc) is 3.10. The molecule has 1 amide bonds. The highest BCUT2D eigenvalue weighted by Crippen LogP contribution is 2.30. The monoisotopic (exact) mass is 418 g/mol. The van der Waals surface area contributed by atoms with Crippen LogP contribution in [0.15, 0.2) is 42.1 Å². The molecule has 150 valence electrons. The highest BCUT2D eigenvalue weighted by atomic mass is 35.5. The number of likely N-dealkylation sites (tertiary alicyclic amines) is 1. The summed E-state index contributed by atoms with van der Waals surface area (Å²) in [4.78, 5) is 15.1. The smallest absolute Gasteiger partial charge is 0.236 e. The Bertz CT molecular complexity index is 820. The van der Waals surface area contributed by atoms with E-state index in [1.54, 1.807) is 0 Å². The van der Waals surface area contributed by atoms with Crippen LogP contribution < -0.4 is 0 Å². The molecule has 1 saturated heterocycles. The molecule has 2 aromatic rings. The summed E-state index contributed by atoms with van der Waals surface area (Å²) in [5.41, 5.74) is 0.937. The highest BCUT2D eigenvalue weighted by Gasteiger charge is 2.30. The van der Waals surface area contributed by atoms with Crippen molar-refractivity contribution < 1.29 is 4.79 Å². The molecule has 0 aliphatic carbocycles. The van der Waals surface area contributed by atoms with Gasteiger partial charge in [-0.3, -0.25) is 9.36 Å². The minimum absolute atomic E-state index is 0.192. The number of rotatable bonds is 7. The molecule has 2 atom stereocenters. The molecule has 1 fully saturated rings. The number of thioether (sulfide) groups is 1. The zero-order valence-corrected chi connectivity index (χ0v) is 18.0. The Morgan fingerprint density at radius 1 is 1.36 bits per heavy atom. The quantitative estimate of drug-likeness (QED) is 0.466. The summed E-state index contributed by atoms with van der Waals surface area (Å²) in [6, 6.07) is 7.89. The third-order valence-corrected chi connectivity index (χ3v) is 6.46. The van der Waals surface area contributed by atoms with Gasteiger partial charge in [-0.15, -0.1) is 16.8 Å².